The largest absolute Gasteiger partial charge is 0.356 e. The molecule has 0 radical (unpaired) electrons. The van der Waals surface area contributed by atoms with E-state index in [1.807, 2.05) is 20.8 Å². The Morgan fingerprint density at radius 1 is 0.628 bits per heavy atom. The molecule has 2 aliphatic rings. The van der Waals surface area contributed by atoms with Crippen LogP contribution in [0.3, 0.4) is 0 Å². The predicted octanol–water partition coefficient (Wildman–Crippen LogP) is 5.77. The molecule has 0 bridgehead atoms. The van der Waals surface area contributed by atoms with Crippen LogP contribution in [0, 0.1) is 17.3 Å². The lowest BCUT2D eigenvalue weighted by molar-refractivity contribution is -0.129. The van der Waals surface area contributed by atoms with Crippen LogP contribution in [0.5, 0.6) is 0 Å². The highest BCUT2D eigenvalue weighted by molar-refractivity contribution is 5.81. The van der Waals surface area contributed by atoms with Crippen molar-refractivity contribution in [3.05, 3.63) is 0 Å². The molecule has 0 spiro atoms. The zero-order valence-electron chi connectivity index (χ0n) is 29.1. The van der Waals surface area contributed by atoms with Crippen LogP contribution in [0.2, 0.25) is 0 Å². The van der Waals surface area contributed by atoms with Gasteiger partial charge < -0.3 is 31.1 Å². The molecule has 8 nitrogen and oxygen atoms in total. The van der Waals surface area contributed by atoms with Crippen LogP contribution in [-0.2, 0) is 4.79 Å². The minimum atomic E-state index is -0.310. The summed E-state index contributed by atoms with van der Waals surface area (Å²) in [5.74, 6) is 1.97. The summed E-state index contributed by atoms with van der Waals surface area (Å²) < 4.78 is 0. The average Bonchev–Trinajstić information content (AvgIpc) is 3.00. The molecule has 0 aromatic carbocycles. The third-order valence-electron chi connectivity index (χ3n) is 10.4. The van der Waals surface area contributed by atoms with Crippen molar-refractivity contribution in [2.75, 3.05) is 65.4 Å². The van der Waals surface area contributed by atoms with E-state index in [0.717, 1.165) is 57.2 Å². The number of hydrogen-bond acceptors (Lipinski definition) is 5. The maximum Gasteiger partial charge on any atom is 0.314 e. The van der Waals surface area contributed by atoms with Crippen LogP contribution in [0.15, 0.2) is 0 Å². The third-order valence-corrected chi connectivity index (χ3v) is 10.4. The second-order valence-corrected chi connectivity index (χ2v) is 14.8. The number of piperidine rings is 2. The first-order chi connectivity index (χ1) is 20.5. The number of nitrogens with zero attached hydrogens (tertiary/aromatic N) is 2. The summed E-state index contributed by atoms with van der Waals surface area (Å²) in [4.78, 5) is 29.4. The molecule has 0 unspecified atom stereocenters. The Balaban J connectivity index is 1.39. The monoisotopic (exact) mass is 607 g/mol. The van der Waals surface area contributed by atoms with E-state index >= 15 is 0 Å². The summed E-state index contributed by atoms with van der Waals surface area (Å²) in [5.41, 5.74) is -0.0351. The van der Waals surface area contributed by atoms with Gasteiger partial charge in [0.15, 0.2) is 0 Å². The fourth-order valence-corrected chi connectivity index (χ4v) is 6.17. The van der Waals surface area contributed by atoms with Crippen LogP contribution < -0.4 is 21.3 Å². The van der Waals surface area contributed by atoms with E-state index in [1.54, 1.807) is 0 Å². The number of amides is 3. The van der Waals surface area contributed by atoms with Gasteiger partial charge in [-0.2, -0.15) is 0 Å². The topological polar surface area (TPSA) is 88.7 Å². The van der Waals surface area contributed by atoms with Gasteiger partial charge in [-0.05, 0) is 136 Å². The molecule has 0 aromatic heterocycles. The second kappa shape index (κ2) is 20.6. The predicted molar refractivity (Wildman–Crippen MR) is 182 cm³/mol. The molecule has 0 aliphatic carbocycles. The van der Waals surface area contributed by atoms with E-state index in [2.05, 4.69) is 51.8 Å². The Bertz CT molecular complexity index is 757. The van der Waals surface area contributed by atoms with Crippen LogP contribution in [0.25, 0.3) is 0 Å². The standard InChI is InChI=1S/C35H70N6O2/c1-7-34(3,4)32(42)36-20-9-10-21-37-33(43)38-22-12-24-40-26-16-30(17-27-40)14-11-15-31-18-28-41(29-19-31)25-13-23-39-35(5,6)8-2/h30-31,39H,7-29H2,1-6H3,(H,36,42)(H2,37,38,43). The van der Waals surface area contributed by atoms with Gasteiger partial charge in [0.25, 0.3) is 0 Å². The molecule has 0 saturated carbocycles. The van der Waals surface area contributed by atoms with Gasteiger partial charge in [0.05, 0.1) is 0 Å². The summed E-state index contributed by atoms with van der Waals surface area (Å²) in [5, 5.41) is 12.6. The van der Waals surface area contributed by atoms with Gasteiger partial charge in [0.1, 0.15) is 0 Å². The summed E-state index contributed by atoms with van der Waals surface area (Å²) in [6.07, 6.45) is 15.8. The summed E-state index contributed by atoms with van der Waals surface area (Å²) in [6.45, 7) is 23.4. The highest BCUT2D eigenvalue weighted by Crippen LogP contribution is 2.27. The summed E-state index contributed by atoms with van der Waals surface area (Å²) in [6, 6.07) is -0.0793. The zero-order chi connectivity index (χ0) is 31.6. The molecule has 8 heteroatoms. The molecule has 43 heavy (non-hydrogen) atoms. The molecule has 2 rings (SSSR count). The highest BCUT2D eigenvalue weighted by atomic mass is 16.2. The van der Waals surface area contributed by atoms with Gasteiger partial charge in [-0.3, -0.25) is 4.79 Å². The van der Waals surface area contributed by atoms with Crippen molar-refractivity contribution in [2.24, 2.45) is 17.3 Å². The average molecular weight is 607 g/mol. The molecule has 3 amide bonds. The highest BCUT2D eigenvalue weighted by Gasteiger charge is 2.24. The van der Waals surface area contributed by atoms with E-state index in [-0.39, 0.29) is 22.9 Å². The van der Waals surface area contributed by atoms with Crippen molar-refractivity contribution in [1.82, 2.24) is 31.1 Å². The van der Waals surface area contributed by atoms with Crippen molar-refractivity contribution in [2.45, 2.75) is 131 Å². The van der Waals surface area contributed by atoms with Crippen molar-refractivity contribution >= 4 is 11.9 Å². The Hall–Kier alpha value is -1.38. The molecular formula is C35H70N6O2. The molecule has 2 aliphatic heterocycles. The molecule has 2 heterocycles. The zero-order valence-corrected chi connectivity index (χ0v) is 29.1. The Morgan fingerprint density at radius 2 is 1.09 bits per heavy atom. The van der Waals surface area contributed by atoms with E-state index in [4.69, 9.17) is 0 Å². The molecule has 0 aromatic rings. The lowest BCUT2D eigenvalue weighted by Crippen LogP contribution is -2.41. The minimum Gasteiger partial charge on any atom is -0.356 e. The molecule has 2 fully saturated rings. The summed E-state index contributed by atoms with van der Waals surface area (Å²) in [7, 11) is 0. The van der Waals surface area contributed by atoms with E-state index in [9.17, 15) is 9.59 Å². The first-order valence-electron chi connectivity index (χ1n) is 18.0. The van der Waals surface area contributed by atoms with Crippen LogP contribution in [-0.4, -0.2) is 92.7 Å². The number of unbranched alkanes of at least 4 members (excludes halogenated alkanes) is 1. The van der Waals surface area contributed by atoms with E-state index in [1.165, 1.54) is 90.5 Å². The molecule has 0 atom stereocenters. The third kappa shape index (κ3) is 16.5. The number of carbonyl (C=O) groups is 2. The molecule has 4 N–H and O–H groups in total. The first kappa shape index (κ1) is 37.8. The Morgan fingerprint density at radius 3 is 1.58 bits per heavy atom. The number of urea groups is 1. The maximum atomic E-state index is 12.1. The van der Waals surface area contributed by atoms with Crippen LogP contribution in [0.4, 0.5) is 4.79 Å². The smallest absolute Gasteiger partial charge is 0.314 e. The fraction of sp³-hybridized carbons (Fsp3) is 0.943. The molecular weight excluding hydrogens is 536 g/mol. The fourth-order valence-electron chi connectivity index (χ4n) is 6.17. The number of nitrogens with one attached hydrogen (secondary N) is 4. The quantitative estimate of drug-likeness (QED) is 0.125. The maximum absolute atomic E-state index is 12.1. The van der Waals surface area contributed by atoms with Gasteiger partial charge in [-0.15, -0.1) is 0 Å². The Labute approximate surface area is 265 Å². The van der Waals surface area contributed by atoms with Crippen molar-refractivity contribution in [3.8, 4) is 0 Å². The van der Waals surface area contributed by atoms with Crippen molar-refractivity contribution in [1.29, 1.82) is 0 Å². The lowest BCUT2D eigenvalue weighted by atomic mass is 9.87. The SMILES string of the molecule is CCC(C)(C)NCCCN1CCC(CCCC2CCN(CCCNC(=O)NCCCCNC(=O)C(C)(C)CC)CC2)CC1. The van der Waals surface area contributed by atoms with Crippen molar-refractivity contribution < 1.29 is 9.59 Å². The van der Waals surface area contributed by atoms with E-state index < -0.39 is 0 Å². The second-order valence-electron chi connectivity index (χ2n) is 14.8. The van der Waals surface area contributed by atoms with Gasteiger partial charge >= 0.3 is 6.03 Å². The number of hydrogen-bond donors (Lipinski definition) is 4. The van der Waals surface area contributed by atoms with Crippen molar-refractivity contribution in [3.63, 3.8) is 0 Å². The van der Waals surface area contributed by atoms with Gasteiger partial charge in [0.2, 0.25) is 5.91 Å². The minimum absolute atomic E-state index is 0.0793. The summed E-state index contributed by atoms with van der Waals surface area (Å²) >= 11 is 0. The molecule has 252 valence electrons. The van der Waals surface area contributed by atoms with E-state index in [0.29, 0.717) is 13.1 Å². The lowest BCUT2D eigenvalue weighted by Gasteiger charge is -2.34. The molecule has 2 saturated heterocycles. The normalized spacial score (nSPS) is 18.1. The van der Waals surface area contributed by atoms with Gasteiger partial charge in [-0.25, -0.2) is 4.79 Å². The van der Waals surface area contributed by atoms with Crippen LogP contribution in [0.1, 0.15) is 125 Å². The van der Waals surface area contributed by atoms with Crippen LogP contribution >= 0.6 is 0 Å². The number of rotatable bonds is 21. The number of carbonyl (C=O) groups excluding carboxylic acids is 2. The number of likely N-dealkylation sites (tertiary alicyclic amines) is 2. The van der Waals surface area contributed by atoms with Gasteiger partial charge in [0, 0.05) is 30.6 Å². The van der Waals surface area contributed by atoms with Gasteiger partial charge in [-0.1, -0.05) is 47.0 Å². The Kier molecular flexibility index (Phi) is 18.1. The first-order valence-corrected chi connectivity index (χ1v) is 18.0.